The molecule has 0 fully saturated rings. The molecule has 1 aromatic carbocycles. The van der Waals surface area contributed by atoms with E-state index >= 15 is 0 Å². The lowest BCUT2D eigenvalue weighted by molar-refractivity contribution is -0.137. The number of hydrogen-bond acceptors (Lipinski definition) is 3. The lowest BCUT2D eigenvalue weighted by atomic mass is 9.98. The molecule has 1 aliphatic rings. The molecule has 1 N–H and O–H groups in total. The van der Waals surface area contributed by atoms with Gasteiger partial charge in [-0.2, -0.15) is 0 Å². The zero-order chi connectivity index (χ0) is 12.6. The molecule has 92 valence electrons. The van der Waals surface area contributed by atoms with Crippen LogP contribution in [-0.4, -0.2) is 32.3 Å². The second kappa shape index (κ2) is 4.03. The zero-order valence-electron chi connectivity index (χ0n) is 9.33. The molecule has 2 rings (SSSR count). The molecular weight excluding hydrogens is 242 g/mol. The summed E-state index contributed by atoms with van der Waals surface area (Å²) < 4.78 is 24.5. The first-order valence-electron chi connectivity index (χ1n) is 5.18. The fourth-order valence-electron chi connectivity index (χ4n) is 2.16. The lowest BCUT2D eigenvalue weighted by Crippen LogP contribution is -2.29. The van der Waals surface area contributed by atoms with Gasteiger partial charge < -0.3 is 5.11 Å². The third-order valence-electron chi connectivity index (χ3n) is 2.85. The maximum absolute atomic E-state index is 11.6. The number of hydrogen-bond donors (Lipinski definition) is 1. The number of aliphatic carboxylic acids is 1. The number of fused-ring (bicyclic) bond motifs is 1. The van der Waals surface area contributed by atoms with E-state index in [1.165, 1.54) is 4.31 Å². The minimum absolute atomic E-state index is 0.0525. The van der Waals surface area contributed by atoms with Gasteiger partial charge in [-0.1, -0.05) is 18.2 Å². The highest BCUT2D eigenvalue weighted by Gasteiger charge is 2.34. The van der Waals surface area contributed by atoms with E-state index in [4.69, 9.17) is 5.11 Å². The summed E-state index contributed by atoms with van der Waals surface area (Å²) in [6, 6.07) is 7.03. The number of benzene rings is 1. The van der Waals surface area contributed by atoms with Crippen molar-refractivity contribution in [1.29, 1.82) is 0 Å². The van der Waals surface area contributed by atoms with Crippen LogP contribution in [0.25, 0.3) is 0 Å². The van der Waals surface area contributed by atoms with E-state index in [9.17, 15) is 13.2 Å². The van der Waals surface area contributed by atoms with E-state index in [2.05, 4.69) is 0 Å². The highest BCUT2D eigenvalue weighted by Crippen LogP contribution is 2.39. The Bertz CT molecular complexity index is 552. The average Bonchev–Trinajstić information content (AvgIpc) is 2.56. The van der Waals surface area contributed by atoms with Gasteiger partial charge in [0.15, 0.2) is 0 Å². The van der Waals surface area contributed by atoms with Crippen molar-refractivity contribution in [1.82, 2.24) is 0 Å². The van der Waals surface area contributed by atoms with Crippen molar-refractivity contribution in [2.24, 2.45) is 0 Å². The molecule has 1 aromatic rings. The van der Waals surface area contributed by atoms with Crippen LogP contribution in [-0.2, 0) is 14.8 Å². The van der Waals surface area contributed by atoms with Gasteiger partial charge in [-0.05, 0) is 11.6 Å². The van der Waals surface area contributed by atoms with Crippen molar-refractivity contribution in [2.45, 2.75) is 12.3 Å². The molecule has 1 aliphatic heterocycles. The molecule has 1 heterocycles. The van der Waals surface area contributed by atoms with Crippen LogP contribution in [0.5, 0.6) is 0 Å². The molecule has 17 heavy (non-hydrogen) atoms. The summed E-state index contributed by atoms with van der Waals surface area (Å²) in [6.07, 6.45) is 1.08. The van der Waals surface area contributed by atoms with Crippen LogP contribution < -0.4 is 4.31 Å². The molecule has 6 heteroatoms. The summed E-state index contributed by atoms with van der Waals surface area (Å²) in [5.74, 6) is -1.18. The van der Waals surface area contributed by atoms with Gasteiger partial charge in [0.05, 0.1) is 18.4 Å². The highest BCUT2D eigenvalue weighted by molar-refractivity contribution is 7.92. The minimum atomic E-state index is -3.34. The van der Waals surface area contributed by atoms with Crippen molar-refractivity contribution in [3.63, 3.8) is 0 Å². The lowest BCUT2D eigenvalue weighted by Gasteiger charge is -2.16. The summed E-state index contributed by atoms with van der Waals surface area (Å²) in [7, 11) is -3.34. The molecule has 1 atom stereocenters. The van der Waals surface area contributed by atoms with Crippen LogP contribution in [0.3, 0.4) is 0 Å². The van der Waals surface area contributed by atoms with Gasteiger partial charge in [-0.25, -0.2) is 8.42 Å². The number of anilines is 1. The van der Waals surface area contributed by atoms with Gasteiger partial charge >= 0.3 is 5.97 Å². The number of carboxylic acid groups (broad SMARTS) is 1. The van der Waals surface area contributed by atoms with Crippen LogP contribution in [0.4, 0.5) is 5.69 Å². The Kier molecular flexibility index (Phi) is 2.82. The van der Waals surface area contributed by atoms with E-state index in [0.717, 1.165) is 11.8 Å². The third kappa shape index (κ3) is 2.26. The van der Waals surface area contributed by atoms with E-state index < -0.39 is 16.0 Å². The van der Waals surface area contributed by atoms with E-state index in [1.54, 1.807) is 24.3 Å². The smallest absolute Gasteiger partial charge is 0.304 e. The normalized spacial score (nSPS) is 19.1. The predicted molar refractivity (Wildman–Crippen MR) is 63.6 cm³/mol. The molecule has 1 unspecified atom stereocenters. The number of carboxylic acids is 1. The van der Waals surface area contributed by atoms with E-state index in [0.29, 0.717) is 5.69 Å². The van der Waals surface area contributed by atoms with Crippen LogP contribution >= 0.6 is 0 Å². The van der Waals surface area contributed by atoms with Gasteiger partial charge in [-0.15, -0.1) is 0 Å². The van der Waals surface area contributed by atoms with E-state index in [-0.39, 0.29) is 18.9 Å². The second-order valence-corrected chi connectivity index (χ2v) is 6.05. The number of nitrogens with zero attached hydrogens (tertiary/aromatic N) is 1. The maximum atomic E-state index is 11.6. The molecule has 0 saturated heterocycles. The molecule has 0 bridgehead atoms. The Morgan fingerprint density at radius 2 is 2.12 bits per heavy atom. The summed E-state index contributed by atoms with van der Waals surface area (Å²) in [4.78, 5) is 10.8. The van der Waals surface area contributed by atoms with Crippen molar-refractivity contribution in [3.8, 4) is 0 Å². The second-order valence-electron chi connectivity index (χ2n) is 4.15. The van der Waals surface area contributed by atoms with Gasteiger partial charge in [0.25, 0.3) is 0 Å². The SMILES string of the molecule is CS(=O)(=O)N1CC(CC(=O)O)c2ccccc21. The van der Waals surface area contributed by atoms with Gasteiger partial charge in [0.1, 0.15) is 0 Å². The summed E-state index contributed by atoms with van der Waals surface area (Å²) in [5, 5.41) is 8.82. The molecule has 0 aromatic heterocycles. The van der Waals surface area contributed by atoms with Gasteiger partial charge in [-0.3, -0.25) is 9.10 Å². The van der Waals surface area contributed by atoms with Crippen molar-refractivity contribution in [2.75, 3.05) is 17.1 Å². The molecule has 5 nitrogen and oxygen atoms in total. The van der Waals surface area contributed by atoms with Crippen molar-refractivity contribution >= 4 is 21.7 Å². The van der Waals surface area contributed by atoms with Crippen molar-refractivity contribution in [3.05, 3.63) is 29.8 Å². The Hall–Kier alpha value is -1.56. The molecule has 0 radical (unpaired) electrons. The van der Waals surface area contributed by atoms with Gasteiger partial charge in [0, 0.05) is 12.5 Å². The summed E-state index contributed by atoms with van der Waals surface area (Å²) in [5.41, 5.74) is 1.39. The fourth-order valence-corrected chi connectivity index (χ4v) is 3.13. The summed E-state index contributed by atoms with van der Waals surface area (Å²) >= 11 is 0. The van der Waals surface area contributed by atoms with Crippen LogP contribution in [0, 0.1) is 0 Å². The fraction of sp³-hybridized carbons (Fsp3) is 0.364. The minimum Gasteiger partial charge on any atom is -0.481 e. The molecule has 0 saturated carbocycles. The van der Waals surface area contributed by atoms with Crippen LogP contribution in [0.2, 0.25) is 0 Å². The third-order valence-corrected chi connectivity index (χ3v) is 4.00. The maximum Gasteiger partial charge on any atom is 0.304 e. The predicted octanol–water partition coefficient (Wildman–Crippen LogP) is 1.02. The van der Waals surface area contributed by atoms with Gasteiger partial charge in [0.2, 0.25) is 10.0 Å². The van der Waals surface area contributed by atoms with Crippen LogP contribution in [0.15, 0.2) is 24.3 Å². The van der Waals surface area contributed by atoms with Crippen molar-refractivity contribution < 1.29 is 18.3 Å². The Morgan fingerprint density at radius 1 is 1.47 bits per heavy atom. The molecule has 0 aliphatic carbocycles. The number of para-hydroxylation sites is 1. The van der Waals surface area contributed by atoms with E-state index in [1.807, 2.05) is 0 Å². The topological polar surface area (TPSA) is 74.7 Å². The average molecular weight is 255 g/mol. The zero-order valence-corrected chi connectivity index (χ0v) is 10.1. The highest BCUT2D eigenvalue weighted by atomic mass is 32.2. The summed E-state index contributed by atoms with van der Waals surface area (Å²) in [6.45, 7) is 0.213. The molecule has 0 spiro atoms. The number of carbonyl (C=O) groups is 1. The quantitative estimate of drug-likeness (QED) is 0.875. The molecule has 0 amide bonds. The standard InChI is InChI=1S/C11H13NO4S/c1-17(15,16)12-7-8(6-11(13)14)9-4-2-3-5-10(9)12/h2-5,8H,6-7H2,1H3,(H,13,14). The first-order chi connectivity index (χ1) is 7.89. The first kappa shape index (κ1) is 11.9. The Morgan fingerprint density at radius 3 is 2.71 bits per heavy atom. The first-order valence-corrected chi connectivity index (χ1v) is 7.03. The molecular formula is C11H13NO4S. The largest absolute Gasteiger partial charge is 0.481 e. The number of sulfonamides is 1. The van der Waals surface area contributed by atoms with Crippen LogP contribution in [0.1, 0.15) is 17.9 Å². The Labute approximate surface area is 99.7 Å². The monoisotopic (exact) mass is 255 g/mol. The number of rotatable bonds is 3. The Balaban J connectivity index is 2.43.